The molecule has 0 aliphatic heterocycles. The molecule has 0 heterocycles. The van der Waals surface area contributed by atoms with Gasteiger partial charge in [0.25, 0.3) is 0 Å². The molecule has 0 amide bonds. The fourth-order valence-electron chi connectivity index (χ4n) is 2.79. The summed E-state index contributed by atoms with van der Waals surface area (Å²) in [5.74, 6) is 0.888. The van der Waals surface area contributed by atoms with Crippen LogP contribution in [0.25, 0.3) is 0 Å². The van der Waals surface area contributed by atoms with Gasteiger partial charge in [-0.1, -0.05) is 71.4 Å². The smallest absolute Gasteiger partial charge is 0.0214 e. The molecule has 1 aliphatic rings. The zero-order valence-corrected chi connectivity index (χ0v) is 12.4. The van der Waals surface area contributed by atoms with E-state index >= 15 is 0 Å². The minimum absolute atomic E-state index is 0.670. The number of aryl methyl sites for hydroxylation is 1. The average Bonchev–Trinajstić information content (AvgIpc) is 2.61. The van der Waals surface area contributed by atoms with E-state index in [1.807, 2.05) is 0 Å². The first-order valence-electron chi connectivity index (χ1n) is 6.95. The van der Waals surface area contributed by atoms with Crippen molar-refractivity contribution in [1.29, 1.82) is 0 Å². The van der Waals surface area contributed by atoms with Gasteiger partial charge in [0.05, 0.1) is 0 Å². The summed E-state index contributed by atoms with van der Waals surface area (Å²) in [7, 11) is 0. The summed E-state index contributed by atoms with van der Waals surface area (Å²) < 4.78 is 0. The van der Waals surface area contributed by atoms with Gasteiger partial charge in [0.15, 0.2) is 0 Å². The number of rotatable bonds is 3. The van der Waals surface area contributed by atoms with Crippen molar-refractivity contribution in [3.8, 4) is 0 Å². The summed E-state index contributed by atoms with van der Waals surface area (Å²) in [5, 5.41) is 0. The molecule has 1 fully saturated rings. The van der Waals surface area contributed by atoms with E-state index < -0.39 is 0 Å². The number of benzene rings is 1. The van der Waals surface area contributed by atoms with Crippen molar-refractivity contribution in [3.05, 3.63) is 35.4 Å². The van der Waals surface area contributed by atoms with Gasteiger partial charge < -0.3 is 0 Å². The van der Waals surface area contributed by atoms with Crippen LogP contribution in [-0.2, 0) is 6.42 Å². The molecule has 1 heteroatoms. The van der Waals surface area contributed by atoms with Gasteiger partial charge in [-0.2, -0.15) is 0 Å². The van der Waals surface area contributed by atoms with E-state index in [2.05, 4.69) is 47.1 Å². The third-order valence-corrected chi connectivity index (χ3v) is 5.03. The molecule has 0 radical (unpaired) electrons. The van der Waals surface area contributed by atoms with E-state index in [-0.39, 0.29) is 0 Å². The molecule has 1 aromatic rings. The van der Waals surface area contributed by atoms with Crippen LogP contribution >= 0.6 is 15.9 Å². The molecule has 0 N–H and O–H groups in total. The zero-order chi connectivity index (χ0) is 12.1. The summed E-state index contributed by atoms with van der Waals surface area (Å²) in [4.78, 5) is 0.670. The molecular weight excluding hydrogens is 272 g/mol. The maximum absolute atomic E-state index is 3.93. The molecule has 17 heavy (non-hydrogen) atoms. The standard InChI is InChI=1S/C16H23Br/c1-13-8-10-14(11-9-13)12-16(17)15-6-4-2-3-5-7-15/h8-11,15-16H,2-7,12H2,1H3. The first kappa shape index (κ1) is 13.1. The van der Waals surface area contributed by atoms with E-state index in [9.17, 15) is 0 Å². The van der Waals surface area contributed by atoms with Crippen LogP contribution in [0.2, 0.25) is 0 Å². The Bertz CT molecular complexity index is 320. The van der Waals surface area contributed by atoms with Crippen LogP contribution in [0.15, 0.2) is 24.3 Å². The molecule has 0 saturated heterocycles. The van der Waals surface area contributed by atoms with Crippen molar-refractivity contribution >= 4 is 15.9 Å². The second-order valence-corrected chi connectivity index (χ2v) is 6.63. The fourth-order valence-corrected chi connectivity index (χ4v) is 3.69. The van der Waals surface area contributed by atoms with Crippen LogP contribution in [0.5, 0.6) is 0 Å². The Balaban J connectivity index is 1.90. The largest absolute Gasteiger partial charge is 0.0884 e. The normalized spacial score (nSPS) is 19.9. The molecule has 1 atom stereocenters. The quantitative estimate of drug-likeness (QED) is 0.526. The zero-order valence-electron chi connectivity index (χ0n) is 10.8. The third kappa shape index (κ3) is 4.13. The predicted octanol–water partition coefficient (Wildman–Crippen LogP) is 5.27. The lowest BCUT2D eigenvalue weighted by Gasteiger charge is -2.20. The minimum atomic E-state index is 0.670. The highest BCUT2D eigenvalue weighted by atomic mass is 79.9. The molecule has 0 bridgehead atoms. The molecule has 0 spiro atoms. The van der Waals surface area contributed by atoms with Crippen LogP contribution in [0.3, 0.4) is 0 Å². The van der Waals surface area contributed by atoms with E-state index in [1.165, 1.54) is 56.1 Å². The van der Waals surface area contributed by atoms with Crippen molar-refractivity contribution in [2.24, 2.45) is 5.92 Å². The van der Waals surface area contributed by atoms with Crippen molar-refractivity contribution in [2.75, 3.05) is 0 Å². The van der Waals surface area contributed by atoms with Gasteiger partial charge in [-0.25, -0.2) is 0 Å². The average molecular weight is 295 g/mol. The Morgan fingerprint density at radius 3 is 2.24 bits per heavy atom. The van der Waals surface area contributed by atoms with Crippen molar-refractivity contribution in [3.63, 3.8) is 0 Å². The number of hydrogen-bond acceptors (Lipinski definition) is 0. The maximum atomic E-state index is 3.93. The second-order valence-electron chi connectivity index (χ2n) is 5.46. The summed E-state index contributed by atoms with van der Waals surface area (Å²) in [6, 6.07) is 9.00. The second kappa shape index (κ2) is 6.58. The Morgan fingerprint density at radius 1 is 1.06 bits per heavy atom. The van der Waals surface area contributed by atoms with E-state index in [4.69, 9.17) is 0 Å². The van der Waals surface area contributed by atoms with Crippen LogP contribution < -0.4 is 0 Å². The van der Waals surface area contributed by atoms with Gasteiger partial charge in [0, 0.05) is 4.83 Å². The van der Waals surface area contributed by atoms with Crippen molar-refractivity contribution < 1.29 is 0 Å². The van der Waals surface area contributed by atoms with Gasteiger partial charge in [0.2, 0.25) is 0 Å². The van der Waals surface area contributed by atoms with E-state index in [0.717, 1.165) is 5.92 Å². The number of alkyl halides is 1. The first-order valence-corrected chi connectivity index (χ1v) is 7.87. The number of hydrogen-bond donors (Lipinski definition) is 0. The molecular formula is C16H23Br. The first-order chi connectivity index (χ1) is 8.25. The van der Waals surface area contributed by atoms with Gasteiger partial charge >= 0.3 is 0 Å². The summed E-state index contributed by atoms with van der Waals surface area (Å²) in [6.07, 6.45) is 9.78. The Kier molecular flexibility index (Phi) is 5.09. The lowest BCUT2D eigenvalue weighted by atomic mass is 9.92. The predicted molar refractivity (Wildman–Crippen MR) is 78.8 cm³/mol. The van der Waals surface area contributed by atoms with Crippen LogP contribution in [0.1, 0.15) is 49.7 Å². The topological polar surface area (TPSA) is 0 Å². The van der Waals surface area contributed by atoms with Gasteiger partial charge in [-0.15, -0.1) is 0 Å². The molecule has 0 nitrogen and oxygen atoms in total. The summed E-state index contributed by atoms with van der Waals surface area (Å²) >= 11 is 3.93. The van der Waals surface area contributed by atoms with Crippen LogP contribution in [0.4, 0.5) is 0 Å². The summed E-state index contributed by atoms with van der Waals surface area (Å²) in [6.45, 7) is 2.15. The fraction of sp³-hybridized carbons (Fsp3) is 0.625. The Morgan fingerprint density at radius 2 is 1.65 bits per heavy atom. The van der Waals surface area contributed by atoms with Crippen LogP contribution in [0, 0.1) is 12.8 Å². The Hall–Kier alpha value is -0.300. The molecule has 0 aromatic heterocycles. The van der Waals surface area contributed by atoms with E-state index in [1.54, 1.807) is 0 Å². The van der Waals surface area contributed by atoms with Gasteiger partial charge in [-0.05, 0) is 37.7 Å². The van der Waals surface area contributed by atoms with Crippen LogP contribution in [-0.4, -0.2) is 4.83 Å². The lowest BCUT2D eigenvalue weighted by molar-refractivity contribution is 0.445. The highest BCUT2D eigenvalue weighted by Crippen LogP contribution is 2.31. The van der Waals surface area contributed by atoms with Crippen molar-refractivity contribution in [1.82, 2.24) is 0 Å². The Labute approximate surface area is 114 Å². The highest BCUT2D eigenvalue weighted by Gasteiger charge is 2.20. The lowest BCUT2D eigenvalue weighted by Crippen LogP contribution is -2.16. The molecule has 1 saturated carbocycles. The monoisotopic (exact) mass is 294 g/mol. The van der Waals surface area contributed by atoms with Gasteiger partial charge in [-0.3, -0.25) is 0 Å². The maximum Gasteiger partial charge on any atom is 0.0214 e. The molecule has 1 unspecified atom stereocenters. The van der Waals surface area contributed by atoms with E-state index in [0.29, 0.717) is 4.83 Å². The SMILES string of the molecule is Cc1ccc(CC(Br)C2CCCCCC2)cc1. The molecule has 2 rings (SSSR count). The highest BCUT2D eigenvalue weighted by molar-refractivity contribution is 9.09. The van der Waals surface area contributed by atoms with Crippen molar-refractivity contribution in [2.45, 2.75) is 56.7 Å². The molecule has 94 valence electrons. The minimum Gasteiger partial charge on any atom is -0.0884 e. The number of halogens is 1. The van der Waals surface area contributed by atoms with Gasteiger partial charge in [0.1, 0.15) is 0 Å². The molecule has 1 aliphatic carbocycles. The summed E-state index contributed by atoms with van der Waals surface area (Å²) in [5.41, 5.74) is 2.83. The molecule has 1 aromatic carbocycles. The third-order valence-electron chi connectivity index (χ3n) is 3.96.